The summed E-state index contributed by atoms with van der Waals surface area (Å²) in [6.45, 7) is 1.29. The maximum Gasteiger partial charge on any atom is 0.249 e. The predicted octanol–water partition coefficient (Wildman–Crippen LogP) is 3.32. The monoisotopic (exact) mass is 339 g/mol. The van der Waals surface area contributed by atoms with Crippen molar-refractivity contribution < 1.29 is 14.3 Å². The molecule has 3 rings (SSSR count). The van der Waals surface area contributed by atoms with Crippen molar-refractivity contribution in [2.45, 2.75) is 31.3 Å². The zero-order valence-corrected chi connectivity index (χ0v) is 14.6. The van der Waals surface area contributed by atoms with E-state index in [-0.39, 0.29) is 17.9 Å². The van der Waals surface area contributed by atoms with Crippen molar-refractivity contribution in [2.75, 3.05) is 20.3 Å². The molecular weight excluding hydrogens is 314 g/mol. The fourth-order valence-electron chi connectivity index (χ4n) is 3.20. The third kappa shape index (κ3) is 4.83. The largest absolute Gasteiger partial charge is 0.497 e. The van der Waals surface area contributed by atoms with Gasteiger partial charge in [0.05, 0.1) is 7.11 Å². The summed E-state index contributed by atoms with van der Waals surface area (Å²) in [6.07, 6.45) is 2.36. The Hall–Kier alpha value is -2.33. The summed E-state index contributed by atoms with van der Waals surface area (Å²) in [4.78, 5) is 12.3. The van der Waals surface area contributed by atoms with Crippen LogP contribution in [0.15, 0.2) is 54.6 Å². The van der Waals surface area contributed by atoms with Gasteiger partial charge in [0.1, 0.15) is 11.9 Å². The highest BCUT2D eigenvalue weighted by atomic mass is 16.5. The lowest BCUT2D eigenvalue weighted by molar-refractivity contribution is -0.130. The zero-order valence-electron chi connectivity index (χ0n) is 14.6. The number of nitrogens with one attached hydrogen (secondary N) is 1. The molecule has 1 saturated heterocycles. The lowest BCUT2D eigenvalue weighted by atomic mass is 9.91. The molecule has 0 saturated carbocycles. The summed E-state index contributed by atoms with van der Waals surface area (Å²) in [5.74, 6) is 1.08. The van der Waals surface area contributed by atoms with Crippen molar-refractivity contribution in [3.8, 4) is 5.75 Å². The Morgan fingerprint density at radius 2 is 1.96 bits per heavy atom. The van der Waals surface area contributed by atoms with Crippen molar-refractivity contribution in [3.63, 3.8) is 0 Å². The smallest absolute Gasteiger partial charge is 0.249 e. The first-order valence-electron chi connectivity index (χ1n) is 8.83. The predicted molar refractivity (Wildman–Crippen MR) is 97.9 cm³/mol. The molecule has 0 bridgehead atoms. The first kappa shape index (κ1) is 17.5. The van der Waals surface area contributed by atoms with Crippen molar-refractivity contribution in [1.82, 2.24) is 5.32 Å². The molecule has 1 N–H and O–H groups in total. The molecule has 2 aromatic rings. The van der Waals surface area contributed by atoms with E-state index >= 15 is 0 Å². The summed E-state index contributed by atoms with van der Waals surface area (Å²) in [5.41, 5.74) is 2.45. The number of hydrogen-bond donors (Lipinski definition) is 1. The molecule has 1 fully saturated rings. The van der Waals surface area contributed by atoms with E-state index in [1.807, 2.05) is 30.3 Å². The summed E-state index contributed by atoms with van der Waals surface area (Å²) < 4.78 is 10.7. The van der Waals surface area contributed by atoms with Crippen LogP contribution in [0.2, 0.25) is 0 Å². The van der Waals surface area contributed by atoms with Gasteiger partial charge >= 0.3 is 0 Å². The van der Waals surface area contributed by atoms with Gasteiger partial charge in [-0.1, -0.05) is 42.5 Å². The summed E-state index contributed by atoms with van der Waals surface area (Å²) in [5, 5.41) is 3.08. The Morgan fingerprint density at radius 1 is 1.20 bits per heavy atom. The van der Waals surface area contributed by atoms with Crippen molar-refractivity contribution in [3.05, 3.63) is 65.7 Å². The van der Waals surface area contributed by atoms with Gasteiger partial charge in [-0.3, -0.25) is 4.79 Å². The fraction of sp³-hybridized carbons (Fsp3) is 0.381. The summed E-state index contributed by atoms with van der Waals surface area (Å²) in [7, 11) is 1.67. The van der Waals surface area contributed by atoms with Crippen LogP contribution in [0.3, 0.4) is 0 Å². The van der Waals surface area contributed by atoms with E-state index in [1.54, 1.807) is 7.11 Å². The highest BCUT2D eigenvalue weighted by Crippen LogP contribution is 2.22. The third-order valence-corrected chi connectivity index (χ3v) is 4.66. The zero-order chi connectivity index (χ0) is 17.5. The molecule has 1 aliphatic heterocycles. The number of carbonyl (C=O) groups is 1. The molecule has 1 aliphatic rings. The lowest BCUT2D eigenvalue weighted by Gasteiger charge is -2.20. The Bertz CT molecular complexity index is 663. The van der Waals surface area contributed by atoms with Gasteiger partial charge in [0.15, 0.2) is 0 Å². The van der Waals surface area contributed by atoms with Crippen LogP contribution in [0.5, 0.6) is 5.75 Å². The molecule has 4 heteroatoms. The Kier molecular flexibility index (Phi) is 6.07. The first-order chi connectivity index (χ1) is 12.3. The van der Waals surface area contributed by atoms with Crippen LogP contribution in [0.25, 0.3) is 0 Å². The van der Waals surface area contributed by atoms with E-state index in [9.17, 15) is 4.79 Å². The molecule has 1 amide bonds. The highest BCUT2D eigenvalue weighted by molar-refractivity contribution is 5.81. The van der Waals surface area contributed by atoms with Gasteiger partial charge in [-0.25, -0.2) is 0 Å². The van der Waals surface area contributed by atoms with Crippen LogP contribution in [0.1, 0.15) is 29.9 Å². The van der Waals surface area contributed by atoms with Gasteiger partial charge < -0.3 is 14.8 Å². The SMILES string of the molecule is COc1ccc(CC(CNC(=O)C2CCCO2)c2ccccc2)cc1. The molecule has 2 unspecified atom stereocenters. The van der Waals surface area contributed by atoms with E-state index in [2.05, 4.69) is 29.6 Å². The van der Waals surface area contributed by atoms with E-state index in [4.69, 9.17) is 9.47 Å². The second-order valence-electron chi connectivity index (χ2n) is 6.41. The lowest BCUT2D eigenvalue weighted by Crippen LogP contribution is -2.37. The molecule has 0 aliphatic carbocycles. The molecule has 1 heterocycles. The van der Waals surface area contributed by atoms with Crippen LogP contribution in [0.4, 0.5) is 0 Å². The van der Waals surface area contributed by atoms with Gasteiger partial charge in [0.25, 0.3) is 0 Å². The number of carbonyl (C=O) groups excluding carboxylic acids is 1. The van der Waals surface area contributed by atoms with Crippen LogP contribution >= 0.6 is 0 Å². The summed E-state index contributed by atoms with van der Waals surface area (Å²) in [6, 6.07) is 18.4. The number of methoxy groups -OCH3 is 1. The van der Waals surface area contributed by atoms with Gasteiger partial charge in [-0.05, 0) is 42.5 Å². The fourth-order valence-corrected chi connectivity index (χ4v) is 3.20. The standard InChI is InChI=1S/C21H25NO3/c1-24-19-11-9-16(10-12-19)14-18(17-6-3-2-4-7-17)15-22-21(23)20-8-5-13-25-20/h2-4,6-7,9-12,18,20H,5,8,13-15H2,1H3,(H,22,23). The molecule has 2 aromatic carbocycles. The number of amides is 1. The average Bonchev–Trinajstić information content (AvgIpc) is 3.21. The van der Waals surface area contributed by atoms with Crippen molar-refractivity contribution in [2.24, 2.45) is 0 Å². The highest BCUT2D eigenvalue weighted by Gasteiger charge is 2.24. The van der Waals surface area contributed by atoms with Crippen LogP contribution in [0, 0.1) is 0 Å². The molecule has 4 nitrogen and oxygen atoms in total. The minimum Gasteiger partial charge on any atom is -0.497 e. The molecule has 132 valence electrons. The number of hydrogen-bond acceptors (Lipinski definition) is 3. The number of ether oxygens (including phenoxy) is 2. The molecule has 25 heavy (non-hydrogen) atoms. The van der Waals surface area contributed by atoms with Gasteiger partial charge in [0.2, 0.25) is 5.91 Å². The average molecular weight is 339 g/mol. The Balaban J connectivity index is 1.67. The van der Waals surface area contributed by atoms with Crippen LogP contribution in [-0.2, 0) is 16.0 Å². The topological polar surface area (TPSA) is 47.6 Å². The molecule has 2 atom stereocenters. The Labute approximate surface area is 149 Å². The maximum absolute atomic E-state index is 12.3. The van der Waals surface area contributed by atoms with Crippen LogP contribution < -0.4 is 10.1 Å². The molecule has 0 spiro atoms. The normalized spacial score (nSPS) is 17.9. The minimum atomic E-state index is -0.280. The molecular formula is C21H25NO3. The Morgan fingerprint density at radius 3 is 2.60 bits per heavy atom. The van der Waals surface area contributed by atoms with Crippen molar-refractivity contribution in [1.29, 1.82) is 0 Å². The summed E-state index contributed by atoms with van der Waals surface area (Å²) >= 11 is 0. The molecule has 0 radical (unpaired) electrons. The quantitative estimate of drug-likeness (QED) is 0.842. The van der Waals surface area contributed by atoms with E-state index in [1.165, 1.54) is 11.1 Å². The first-order valence-corrected chi connectivity index (χ1v) is 8.83. The third-order valence-electron chi connectivity index (χ3n) is 4.66. The maximum atomic E-state index is 12.3. The molecule has 0 aromatic heterocycles. The van der Waals surface area contributed by atoms with Gasteiger partial charge in [-0.15, -0.1) is 0 Å². The number of benzene rings is 2. The second kappa shape index (κ2) is 8.67. The van der Waals surface area contributed by atoms with Crippen molar-refractivity contribution >= 4 is 5.91 Å². The second-order valence-corrected chi connectivity index (χ2v) is 6.41. The van der Waals surface area contributed by atoms with E-state index in [0.29, 0.717) is 13.2 Å². The van der Waals surface area contributed by atoms with E-state index < -0.39 is 0 Å². The minimum absolute atomic E-state index is 0.00756. The van der Waals surface area contributed by atoms with Gasteiger partial charge in [-0.2, -0.15) is 0 Å². The van der Waals surface area contributed by atoms with Gasteiger partial charge in [0, 0.05) is 19.1 Å². The number of rotatable bonds is 7. The van der Waals surface area contributed by atoms with E-state index in [0.717, 1.165) is 25.0 Å². The van der Waals surface area contributed by atoms with Crippen LogP contribution in [-0.4, -0.2) is 32.3 Å².